The molecule has 134 valence electrons. The Balaban J connectivity index is 1.68. The smallest absolute Gasteiger partial charge is 0.134 e. The molecule has 0 heterocycles. The first-order valence-electron chi connectivity index (χ1n) is 9.73. The predicted octanol–water partition coefficient (Wildman–Crippen LogP) is 7.49. The summed E-state index contributed by atoms with van der Waals surface area (Å²) in [7, 11) is 0. The maximum Gasteiger partial charge on any atom is 0.134 e. The van der Waals surface area contributed by atoms with E-state index >= 15 is 0 Å². The Bertz CT molecular complexity index is 647. The zero-order valence-electron chi connectivity index (χ0n) is 15.1. The van der Waals surface area contributed by atoms with Crippen LogP contribution in [0.15, 0.2) is 42.5 Å². The van der Waals surface area contributed by atoms with Crippen molar-refractivity contribution in [2.75, 3.05) is 0 Å². The molecule has 25 heavy (non-hydrogen) atoms. The van der Waals surface area contributed by atoms with E-state index in [9.17, 15) is 8.78 Å². The maximum absolute atomic E-state index is 14.6. The van der Waals surface area contributed by atoms with Crippen molar-refractivity contribution >= 4 is 0 Å². The normalized spacial score (nSPS) is 20.6. The zero-order valence-corrected chi connectivity index (χ0v) is 15.1. The van der Waals surface area contributed by atoms with E-state index in [-0.39, 0.29) is 5.56 Å². The van der Waals surface area contributed by atoms with E-state index in [2.05, 4.69) is 6.92 Å². The van der Waals surface area contributed by atoms with E-state index in [4.69, 9.17) is 0 Å². The minimum atomic E-state index is -0.439. The second-order valence-electron chi connectivity index (χ2n) is 7.44. The third-order valence-electron chi connectivity index (χ3n) is 5.66. The Hall–Kier alpha value is -1.70. The van der Waals surface area contributed by atoms with Gasteiger partial charge < -0.3 is 0 Å². The summed E-state index contributed by atoms with van der Waals surface area (Å²) in [5, 5.41) is 0. The lowest BCUT2D eigenvalue weighted by molar-refractivity contribution is 0.302. The minimum absolute atomic E-state index is 0.0950. The topological polar surface area (TPSA) is 0 Å². The summed E-state index contributed by atoms with van der Waals surface area (Å²) in [6.45, 7) is 2.24. The Morgan fingerprint density at radius 3 is 2.12 bits per heavy atom. The molecule has 2 aromatic carbocycles. The third-order valence-corrected chi connectivity index (χ3v) is 5.66. The van der Waals surface area contributed by atoms with Crippen LogP contribution in [0.4, 0.5) is 8.78 Å². The molecule has 3 rings (SSSR count). The molecule has 2 heteroatoms. The van der Waals surface area contributed by atoms with Crippen LogP contribution in [-0.2, 0) is 0 Å². The van der Waals surface area contributed by atoms with E-state index < -0.39 is 11.6 Å². The lowest BCUT2D eigenvalue weighted by Crippen LogP contribution is -2.14. The molecule has 0 spiro atoms. The molecular formula is C23H28F2. The molecule has 1 fully saturated rings. The monoisotopic (exact) mass is 342 g/mol. The van der Waals surface area contributed by atoms with Gasteiger partial charge in [0.2, 0.25) is 0 Å². The van der Waals surface area contributed by atoms with Crippen molar-refractivity contribution in [1.29, 1.82) is 0 Å². The van der Waals surface area contributed by atoms with Crippen molar-refractivity contribution in [3.8, 4) is 11.1 Å². The number of benzene rings is 2. The summed E-state index contributed by atoms with van der Waals surface area (Å²) in [6.07, 6.45) is 9.72. The predicted molar refractivity (Wildman–Crippen MR) is 101 cm³/mol. The van der Waals surface area contributed by atoms with Gasteiger partial charge in [-0.2, -0.15) is 0 Å². The number of hydrogen-bond acceptors (Lipinski definition) is 0. The summed E-state index contributed by atoms with van der Waals surface area (Å²) in [6, 6.07) is 12.1. The van der Waals surface area contributed by atoms with Crippen LogP contribution in [0.5, 0.6) is 0 Å². The van der Waals surface area contributed by atoms with E-state index in [0.717, 1.165) is 24.3 Å². The van der Waals surface area contributed by atoms with Crippen LogP contribution in [-0.4, -0.2) is 0 Å². The van der Waals surface area contributed by atoms with Gasteiger partial charge in [0, 0.05) is 0 Å². The largest absolute Gasteiger partial charge is 0.206 e. The van der Waals surface area contributed by atoms with Gasteiger partial charge >= 0.3 is 0 Å². The van der Waals surface area contributed by atoms with Crippen molar-refractivity contribution < 1.29 is 8.78 Å². The highest BCUT2D eigenvalue weighted by molar-refractivity contribution is 5.65. The van der Waals surface area contributed by atoms with Gasteiger partial charge in [-0.05, 0) is 60.8 Å². The molecule has 0 amide bonds. The van der Waals surface area contributed by atoms with E-state index in [0.29, 0.717) is 11.5 Å². The van der Waals surface area contributed by atoms with Crippen LogP contribution >= 0.6 is 0 Å². The number of rotatable bonds is 6. The first kappa shape index (κ1) is 18.1. The molecule has 0 unspecified atom stereocenters. The minimum Gasteiger partial charge on any atom is -0.206 e. The second kappa shape index (κ2) is 8.60. The summed E-state index contributed by atoms with van der Waals surface area (Å²) in [5.41, 5.74) is 1.53. The fraction of sp³-hybridized carbons (Fsp3) is 0.478. The third kappa shape index (κ3) is 4.48. The average molecular weight is 342 g/mol. The van der Waals surface area contributed by atoms with Crippen LogP contribution in [0.2, 0.25) is 0 Å². The Kier molecular flexibility index (Phi) is 6.23. The van der Waals surface area contributed by atoms with Crippen LogP contribution in [0, 0.1) is 17.6 Å². The summed E-state index contributed by atoms with van der Waals surface area (Å²) in [5.74, 6) is 0.231. The van der Waals surface area contributed by atoms with Gasteiger partial charge in [0.05, 0.1) is 5.56 Å². The lowest BCUT2D eigenvalue weighted by atomic mass is 9.77. The quantitative estimate of drug-likeness (QED) is 0.477. The molecule has 1 aliphatic rings. The Morgan fingerprint density at radius 2 is 1.52 bits per heavy atom. The molecule has 0 saturated heterocycles. The maximum atomic E-state index is 14.6. The molecule has 1 saturated carbocycles. The van der Waals surface area contributed by atoms with Gasteiger partial charge in [0.25, 0.3) is 0 Å². The van der Waals surface area contributed by atoms with Gasteiger partial charge in [0.15, 0.2) is 0 Å². The fourth-order valence-electron chi connectivity index (χ4n) is 4.18. The molecule has 0 nitrogen and oxygen atoms in total. The molecule has 0 bridgehead atoms. The number of hydrogen-bond donors (Lipinski definition) is 0. The van der Waals surface area contributed by atoms with Crippen molar-refractivity contribution in [2.24, 2.45) is 5.92 Å². The van der Waals surface area contributed by atoms with Gasteiger partial charge in [0.1, 0.15) is 11.6 Å². The molecule has 0 N–H and O–H groups in total. The Morgan fingerprint density at radius 1 is 0.880 bits per heavy atom. The highest BCUT2D eigenvalue weighted by Crippen LogP contribution is 2.39. The molecule has 0 atom stereocenters. The fourth-order valence-corrected chi connectivity index (χ4v) is 4.18. The summed E-state index contributed by atoms with van der Waals surface area (Å²) < 4.78 is 29.2. The van der Waals surface area contributed by atoms with Crippen LogP contribution in [0.1, 0.15) is 69.8 Å². The highest BCUT2D eigenvalue weighted by Gasteiger charge is 2.24. The van der Waals surface area contributed by atoms with Crippen molar-refractivity contribution in [2.45, 2.75) is 64.2 Å². The number of unbranched alkanes of at least 4 members (excludes halogenated alkanes) is 2. The highest BCUT2D eigenvalue weighted by atomic mass is 19.1. The summed E-state index contributed by atoms with van der Waals surface area (Å²) in [4.78, 5) is 0. The van der Waals surface area contributed by atoms with E-state index in [1.165, 1.54) is 38.5 Å². The standard InChI is InChI=1S/C23H28F2/c1-2-3-5-8-17-11-13-18(14-12-17)20-15-21(24)23(22(25)16-20)19-9-6-4-7-10-19/h4,6-7,9-10,15-18H,2-3,5,8,11-14H2,1H3. The second-order valence-corrected chi connectivity index (χ2v) is 7.44. The molecule has 1 aliphatic carbocycles. The van der Waals surface area contributed by atoms with E-state index in [1.54, 1.807) is 24.3 Å². The average Bonchev–Trinajstić information content (AvgIpc) is 2.63. The van der Waals surface area contributed by atoms with Gasteiger partial charge in [-0.15, -0.1) is 0 Å². The van der Waals surface area contributed by atoms with Crippen LogP contribution in [0.3, 0.4) is 0 Å². The summed E-state index contributed by atoms with van der Waals surface area (Å²) >= 11 is 0. The first-order chi connectivity index (χ1) is 12.2. The van der Waals surface area contributed by atoms with Crippen molar-refractivity contribution in [3.05, 3.63) is 59.7 Å². The van der Waals surface area contributed by atoms with Gasteiger partial charge in [-0.3, -0.25) is 0 Å². The molecule has 0 radical (unpaired) electrons. The Labute approximate surface area is 150 Å². The molecular weight excluding hydrogens is 314 g/mol. The van der Waals surface area contributed by atoms with Crippen LogP contribution < -0.4 is 0 Å². The number of halogens is 2. The van der Waals surface area contributed by atoms with Crippen molar-refractivity contribution in [1.82, 2.24) is 0 Å². The van der Waals surface area contributed by atoms with Crippen molar-refractivity contribution in [3.63, 3.8) is 0 Å². The van der Waals surface area contributed by atoms with E-state index in [1.807, 2.05) is 18.2 Å². The first-order valence-corrected chi connectivity index (χ1v) is 9.73. The SMILES string of the molecule is CCCCCC1CCC(c2cc(F)c(-c3ccccc3)c(F)c2)CC1. The lowest BCUT2D eigenvalue weighted by Gasteiger charge is -2.29. The molecule has 0 aliphatic heterocycles. The van der Waals surface area contributed by atoms with Gasteiger partial charge in [-0.25, -0.2) is 8.78 Å². The molecule has 0 aromatic heterocycles. The van der Waals surface area contributed by atoms with Crippen LogP contribution in [0.25, 0.3) is 11.1 Å². The van der Waals surface area contributed by atoms with Gasteiger partial charge in [-0.1, -0.05) is 62.9 Å². The molecule has 2 aromatic rings. The zero-order chi connectivity index (χ0) is 17.6.